The van der Waals surface area contributed by atoms with Crippen molar-refractivity contribution in [3.63, 3.8) is 0 Å². The lowest BCUT2D eigenvalue weighted by Gasteiger charge is -2.29. The van der Waals surface area contributed by atoms with Crippen molar-refractivity contribution in [2.24, 2.45) is 5.92 Å². The van der Waals surface area contributed by atoms with E-state index in [1.807, 2.05) is 12.1 Å². The molecule has 0 aromatic heterocycles. The van der Waals surface area contributed by atoms with Crippen molar-refractivity contribution in [1.82, 2.24) is 0 Å². The molecule has 2 aromatic rings. The van der Waals surface area contributed by atoms with E-state index in [2.05, 4.69) is 19.1 Å². The molecule has 0 saturated heterocycles. The monoisotopic (exact) mass is 376 g/mol. The maximum absolute atomic E-state index is 13.6. The topological polar surface area (TPSA) is 9.23 Å². The molecular weight excluding hydrogens is 349 g/mol. The Morgan fingerprint density at radius 1 is 0.889 bits per heavy atom. The second kappa shape index (κ2) is 9.29. The Morgan fingerprint density at radius 2 is 1.59 bits per heavy atom. The van der Waals surface area contributed by atoms with Crippen LogP contribution in [0.15, 0.2) is 36.4 Å². The molecule has 0 unspecified atom stereocenters. The predicted molar refractivity (Wildman–Crippen MR) is 101 cm³/mol. The molecule has 27 heavy (non-hydrogen) atoms. The van der Waals surface area contributed by atoms with Crippen molar-refractivity contribution in [3.05, 3.63) is 65.0 Å². The quantitative estimate of drug-likeness (QED) is 0.466. The highest BCUT2D eigenvalue weighted by molar-refractivity contribution is 5.28. The molecule has 0 radical (unpaired) electrons. The molecule has 0 atom stereocenters. The average Bonchev–Trinajstić information content (AvgIpc) is 2.71. The molecule has 0 heterocycles. The van der Waals surface area contributed by atoms with Crippen molar-refractivity contribution >= 4 is 0 Å². The van der Waals surface area contributed by atoms with Gasteiger partial charge in [-0.05, 0) is 60.8 Å². The predicted octanol–water partition coefficient (Wildman–Crippen LogP) is 7.15. The van der Waals surface area contributed by atoms with Crippen LogP contribution < -0.4 is 4.74 Å². The Morgan fingerprint density at radius 3 is 2.26 bits per heavy atom. The van der Waals surface area contributed by atoms with Crippen molar-refractivity contribution < 1.29 is 17.9 Å². The number of ether oxygens (including phenoxy) is 1. The summed E-state index contributed by atoms with van der Waals surface area (Å²) in [5.74, 6) is -2.78. The van der Waals surface area contributed by atoms with Crippen LogP contribution in [0.3, 0.4) is 0 Å². The molecule has 1 saturated carbocycles. The van der Waals surface area contributed by atoms with E-state index in [4.69, 9.17) is 4.74 Å². The van der Waals surface area contributed by atoms with Crippen molar-refractivity contribution in [2.45, 2.75) is 64.4 Å². The lowest BCUT2D eigenvalue weighted by molar-refractivity contribution is 0.281. The fraction of sp³-hybridized carbons (Fsp3) is 0.478. The van der Waals surface area contributed by atoms with Gasteiger partial charge in [-0.3, -0.25) is 0 Å². The van der Waals surface area contributed by atoms with Crippen LogP contribution >= 0.6 is 0 Å². The smallest absolute Gasteiger partial charge is 0.203 e. The Labute approximate surface area is 159 Å². The zero-order chi connectivity index (χ0) is 19.2. The summed E-state index contributed by atoms with van der Waals surface area (Å²) in [5, 5.41) is 0. The van der Waals surface area contributed by atoms with Gasteiger partial charge in [0.25, 0.3) is 0 Å². The summed E-state index contributed by atoms with van der Waals surface area (Å²) >= 11 is 0. The summed E-state index contributed by atoms with van der Waals surface area (Å²) in [6, 6.07) is 10.1. The van der Waals surface area contributed by atoms with Gasteiger partial charge in [0.05, 0.1) is 0 Å². The molecule has 1 fully saturated rings. The van der Waals surface area contributed by atoms with E-state index in [0.717, 1.165) is 23.6 Å². The number of rotatable bonds is 7. The molecule has 0 aliphatic heterocycles. The van der Waals surface area contributed by atoms with Gasteiger partial charge in [-0.1, -0.05) is 50.5 Å². The maximum atomic E-state index is 13.6. The summed E-state index contributed by atoms with van der Waals surface area (Å²) in [6.07, 6.45) is 9.07. The number of unbranched alkanes of at least 4 members (excludes halogenated alkanes) is 1. The summed E-state index contributed by atoms with van der Waals surface area (Å²) in [4.78, 5) is 0. The van der Waals surface area contributed by atoms with Gasteiger partial charge < -0.3 is 4.74 Å². The number of halogens is 3. The molecule has 0 spiro atoms. The van der Waals surface area contributed by atoms with Gasteiger partial charge in [-0.15, -0.1) is 0 Å². The Kier molecular flexibility index (Phi) is 6.81. The summed E-state index contributed by atoms with van der Waals surface area (Å²) in [5.41, 5.74) is 2.21. The van der Waals surface area contributed by atoms with Gasteiger partial charge in [-0.2, -0.15) is 4.39 Å². The largest absolute Gasteiger partial charge is 0.486 e. The van der Waals surface area contributed by atoms with Crippen molar-refractivity contribution in [2.75, 3.05) is 0 Å². The van der Waals surface area contributed by atoms with Crippen molar-refractivity contribution in [1.29, 1.82) is 0 Å². The second-order valence-corrected chi connectivity index (χ2v) is 7.56. The lowest BCUT2D eigenvalue weighted by Crippen LogP contribution is -2.13. The van der Waals surface area contributed by atoms with Gasteiger partial charge >= 0.3 is 0 Å². The van der Waals surface area contributed by atoms with Crippen LogP contribution in [0.25, 0.3) is 0 Å². The Hall–Kier alpha value is -1.97. The zero-order valence-corrected chi connectivity index (χ0v) is 15.8. The first-order chi connectivity index (χ1) is 13.1. The van der Waals surface area contributed by atoms with E-state index < -0.39 is 17.5 Å². The molecule has 1 aliphatic carbocycles. The van der Waals surface area contributed by atoms with Gasteiger partial charge in [0.1, 0.15) is 6.61 Å². The fourth-order valence-electron chi connectivity index (χ4n) is 3.94. The van der Waals surface area contributed by atoms with E-state index in [1.165, 1.54) is 50.5 Å². The first-order valence-corrected chi connectivity index (χ1v) is 9.93. The van der Waals surface area contributed by atoms with E-state index in [9.17, 15) is 13.2 Å². The van der Waals surface area contributed by atoms with Crippen LogP contribution in [0.5, 0.6) is 5.75 Å². The first-order valence-electron chi connectivity index (χ1n) is 9.93. The minimum absolute atomic E-state index is 0.117. The van der Waals surface area contributed by atoms with E-state index in [-0.39, 0.29) is 12.4 Å². The highest BCUT2D eigenvalue weighted by Gasteiger charge is 2.22. The maximum Gasteiger partial charge on any atom is 0.203 e. The van der Waals surface area contributed by atoms with Crippen LogP contribution in [0, 0.1) is 23.4 Å². The zero-order valence-electron chi connectivity index (χ0n) is 15.8. The third-order valence-electron chi connectivity index (χ3n) is 5.66. The second-order valence-electron chi connectivity index (χ2n) is 7.56. The van der Waals surface area contributed by atoms with E-state index >= 15 is 0 Å². The molecule has 0 amide bonds. The summed E-state index contributed by atoms with van der Waals surface area (Å²) < 4.78 is 45.2. The highest BCUT2D eigenvalue weighted by Crippen LogP contribution is 2.37. The molecule has 1 aliphatic rings. The number of hydrogen-bond acceptors (Lipinski definition) is 1. The van der Waals surface area contributed by atoms with E-state index in [1.54, 1.807) is 0 Å². The molecule has 2 aromatic carbocycles. The Bertz CT molecular complexity index is 734. The molecule has 3 rings (SSSR count). The van der Waals surface area contributed by atoms with Crippen molar-refractivity contribution in [3.8, 4) is 5.75 Å². The third-order valence-corrected chi connectivity index (χ3v) is 5.66. The first kappa shape index (κ1) is 19.8. The standard InChI is InChI=1S/C23H27F3O/c1-2-3-4-16-5-9-18(10-6-16)19-11-7-17(8-12-19)15-27-21-14-13-20(24)22(25)23(21)26/h7-8,11-14,16,18H,2-6,9-10,15H2,1H3/t16-,18-. The normalized spacial score (nSPS) is 19.9. The van der Waals surface area contributed by atoms with Crippen LogP contribution in [0.2, 0.25) is 0 Å². The Balaban J connectivity index is 1.53. The highest BCUT2D eigenvalue weighted by atomic mass is 19.2. The number of benzene rings is 2. The minimum Gasteiger partial charge on any atom is -0.486 e. The molecular formula is C23H27F3O. The SMILES string of the molecule is CCCC[C@H]1CC[C@H](c2ccc(COc3ccc(F)c(F)c3F)cc2)CC1. The minimum atomic E-state index is -1.50. The van der Waals surface area contributed by atoms with Crippen LogP contribution in [0.1, 0.15) is 68.9 Å². The van der Waals surface area contributed by atoms with E-state index in [0.29, 0.717) is 5.92 Å². The van der Waals surface area contributed by atoms with Crippen LogP contribution in [-0.4, -0.2) is 0 Å². The molecule has 4 heteroatoms. The lowest BCUT2D eigenvalue weighted by atomic mass is 9.77. The average molecular weight is 376 g/mol. The van der Waals surface area contributed by atoms with Gasteiger partial charge in [0.15, 0.2) is 17.4 Å². The van der Waals surface area contributed by atoms with Gasteiger partial charge in [0, 0.05) is 0 Å². The summed E-state index contributed by atoms with van der Waals surface area (Å²) in [6.45, 7) is 2.36. The molecule has 0 N–H and O–H groups in total. The molecule has 146 valence electrons. The van der Waals surface area contributed by atoms with Crippen LogP contribution in [0.4, 0.5) is 13.2 Å². The third kappa shape index (κ3) is 5.06. The summed E-state index contributed by atoms with van der Waals surface area (Å²) in [7, 11) is 0. The van der Waals surface area contributed by atoms with Gasteiger partial charge in [-0.25, -0.2) is 8.78 Å². The fourth-order valence-corrected chi connectivity index (χ4v) is 3.94. The number of hydrogen-bond donors (Lipinski definition) is 0. The van der Waals surface area contributed by atoms with Gasteiger partial charge in [0.2, 0.25) is 5.82 Å². The molecule has 0 bridgehead atoms. The van der Waals surface area contributed by atoms with Crippen LogP contribution in [-0.2, 0) is 6.61 Å². The molecule has 1 nitrogen and oxygen atoms in total.